The second kappa shape index (κ2) is 3.96. The molecule has 0 saturated carbocycles. The summed E-state index contributed by atoms with van der Waals surface area (Å²) in [4.78, 5) is 0. The smallest absolute Gasteiger partial charge is 0.231 e. The largest absolute Gasteiger partial charge is 0.454 e. The van der Waals surface area contributed by atoms with Gasteiger partial charge in [-0.3, -0.25) is 0 Å². The molecule has 3 rings (SSSR count). The molecule has 2 N–H and O–H groups in total. The number of nitrogen functional groups attached to an aromatic ring is 1. The fourth-order valence-corrected chi connectivity index (χ4v) is 2.40. The third-order valence-corrected chi connectivity index (χ3v) is 3.32. The predicted octanol–water partition coefficient (Wildman–Crippen LogP) is 3.43. The van der Waals surface area contributed by atoms with E-state index in [2.05, 4.69) is 15.9 Å². The van der Waals surface area contributed by atoms with Gasteiger partial charge in [-0.15, -0.1) is 0 Å². The molecule has 0 amide bonds. The zero-order valence-corrected chi connectivity index (χ0v) is 10.5. The van der Waals surface area contributed by atoms with Crippen molar-refractivity contribution in [2.45, 2.75) is 0 Å². The van der Waals surface area contributed by atoms with Crippen LogP contribution in [0.25, 0.3) is 11.1 Å². The maximum atomic E-state index is 5.79. The highest BCUT2D eigenvalue weighted by Crippen LogP contribution is 2.41. The summed E-state index contributed by atoms with van der Waals surface area (Å²) in [5, 5.41) is 0. The standard InChI is InChI=1S/C13H10BrNO2/c14-11-6-13-12(16-7-17-13)5-10(11)8-2-1-3-9(15)4-8/h1-6H,7,15H2. The van der Waals surface area contributed by atoms with Crippen LogP contribution < -0.4 is 15.2 Å². The van der Waals surface area contributed by atoms with Crippen LogP contribution in [0.15, 0.2) is 40.9 Å². The van der Waals surface area contributed by atoms with Gasteiger partial charge in [0.05, 0.1) is 0 Å². The van der Waals surface area contributed by atoms with Crippen molar-refractivity contribution in [2.24, 2.45) is 0 Å². The van der Waals surface area contributed by atoms with Gasteiger partial charge in [-0.1, -0.05) is 28.1 Å². The number of anilines is 1. The topological polar surface area (TPSA) is 44.5 Å². The van der Waals surface area contributed by atoms with Crippen LogP contribution >= 0.6 is 15.9 Å². The van der Waals surface area contributed by atoms with E-state index in [9.17, 15) is 0 Å². The van der Waals surface area contributed by atoms with Gasteiger partial charge in [-0.25, -0.2) is 0 Å². The lowest BCUT2D eigenvalue weighted by Gasteiger charge is -2.07. The molecule has 0 fully saturated rings. The van der Waals surface area contributed by atoms with Crippen LogP contribution in [0, 0.1) is 0 Å². The molecule has 17 heavy (non-hydrogen) atoms. The fourth-order valence-electron chi connectivity index (χ4n) is 1.84. The summed E-state index contributed by atoms with van der Waals surface area (Å²) in [6.07, 6.45) is 0. The van der Waals surface area contributed by atoms with Gasteiger partial charge >= 0.3 is 0 Å². The summed E-state index contributed by atoms with van der Waals surface area (Å²) < 4.78 is 11.7. The van der Waals surface area contributed by atoms with Gasteiger partial charge < -0.3 is 15.2 Å². The Bertz CT molecular complexity index is 584. The molecular formula is C13H10BrNO2. The van der Waals surface area contributed by atoms with Crippen molar-refractivity contribution < 1.29 is 9.47 Å². The molecule has 1 aliphatic rings. The Kier molecular flexibility index (Phi) is 2.44. The Balaban J connectivity index is 2.15. The van der Waals surface area contributed by atoms with E-state index < -0.39 is 0 Å². The summed E-state index contributed by atoms with van der Waals surface area (Å²) in [5.41, 5.74) is 8.62. The Labute approximate surface area is 107 Å². The molecule has 0 saturated heterocycles. The average molecular weight is 292 g/mol. The average Bonchev–Trinajstić information content (AvgIpc) is 2.75. The van der Waals surface area contributed by atoms with Crippen molar-refractivity contribution in [3.05, 3.63) is 40.9 Å². The van der Waals surface area contributed by atoms with Gasteiger partial charge in [0.15, 0.2) is 11.5 Å². The van der Waals surface area contributed by atoms with E-state index >= 15 is 0 Å². The van der Waals surface area contributed by atoms with Gasteiger partial charge in [0.25, 0.3) is 0 Å². The molecule has 0 aromatic heterocycles. The SMILES string of the molecule is Nc1cccc(-c2cc3c(cc2Br)OCO3)c1. The maximum Gasteiger partial charge on any atom is 0.231 e. The van der Waals surface area contributed by atoms with Crippen LogP contribution in [0.5, 0.6) is 11.5 Å². The summed E-state index contributed by atoms with van der Waals surface area (Å²) in [6, 6.07) is 11.6. The molecule has 0 radical (unpaired) electrons. The molecule has 0 spiro atoms. The van der Waals surface area contributed by atoms with E-state index in [-0.39, 0.29) is 6.79 Å². The number of halogens is 1. The summed E-state index contributed by atoms with van der Waals surface area (Å²) >= 11 is 3.53. The maximum absolute atomic E-state index is 5.79. The van der Waals surface area contributed by atoms with Crippen LogP contribution in [0.4, 0.5) is 5.69 Å². The van der Waals surface area contributed by atoms with Gasteiger partial charge in [0, 0.05) is 10.2 Å². The number of nitrogens with two attached hydrogens (primary N) is 1. The minimum absolute atomic E-state index is 0.280. The number of benzene rings is 2. The zero-order chi connectivity index (χ0) is 11.8. The van der Waals surface area contributed by atoms with E-state index in [0.29, 0.717) is 0 Å². The van der Waals surface area contributed by atoms with Crippen molar-refractivity contribution in [1.82, 2.24) is 0 Å². The first-order valence-corrected chi connectivity index (χ1v) is 5.98. The number of hydrogen-bond acceptors (Lipinski definition) is 3. The first-order valence-electron chi connectivity index (χ1n) is 5.19. The van der Waals surface area contributed by atoms with Gasteiger partial charge in [0.2, 0.25) is 6.79 Å². The summed E-state index contributed by atoms with van der Waals surface area (Å²) in [6.45, 7) is 0.280. The minimum atomic E-state index is 0.280. The second-order valence-electron chi connectivity index (χ2n) is 3.81. The Morgan fingerprint density at radius 3 is 2.59 bits per heavy atom. The first kappa shape index (κ1) is 10.5. The van der Waals surface area contributed by atoms with Crippen molar-refractivity contribution in [1.29, 1.82) is 0 Å². The predicted molar refractivity (Wildman–Crippen MR) is 70.1 cm³/mol. The van der Waals surface area contributed by atoms with Crippen LogP contribution in [0.1, 0.15) is 0 Å². The second-order valence-corrected chi connectivity index (χ2v) is 4.67. The monoisotopic (exact) mass is 291 g/mol. The van der Waals surface area contributed by atoms with E-state index in [4.69, 9.17) is 15.2 Å². The van der Waals surface area contributed by atoms with Crippen LogP contribution in [-0.4, -0.2) is 6.79 Å². The molecule has 4 heteroatoms. The van der Waals surface area contributed by atoms with Crippen molar-refractivity contribution in [3.63, 3.8) is 0 Å². The summed E-state index contributed by atoms with van der Waals surface area (Å²) in [5.74, 6) is 1.54. The number of hydrogen-bond donors (Lipinski definition) is 1. The van der Waals surface area contributed by atoms with E-state index in [1.54, 1.807) is 0 Å². The first-order chi connectivity index (χ1) is 8.24. The number of ether oxygens (including phenoxy) is 2. The molecule has 86 valence electrons. The molecule has 1 heterocycles. The van der Waals surface area contributed by atoms with Crippen molar-refractivity contribution in [3.8, 4) is 22.6 Å². The van der Waals surface area contributed by atoms with Gasteiger partial charge in [-0.2, -0.15) is 0 Å². The molecule has 0 bridgehead atoms. The third-order valence-electron chi connectivity index (χ3n) is 2.66. The quantitative estimate of drug-likeness (QED) is 0.819. The van der Waals surface area contributed by atoms with Crippen LogP contribution in [0.3, 0.4) is 0 Å². The van der Waals surface area contributed by atoms with Gasteiger partial charge in [0.1, 0.15) is 0 Å². The Hall–Kier alpha value is -1.68. The summed E-state index contributed by atoms with van der Waals surface area (Å²) in [7, 11) is 0. The van der Waals surface area contributed by atoms with Crippen molar-refractivity contribution in [2.75, 3.05) is 12.5 Å². The highest BCUT2D eigenvalue weighted by Gasteiger charge is 2.16. The zero-order valence-electron chi connectivity index (χ0n) is 8.94. The molecule has 0 aliphatic carbocycles. The lowest BCUT2D eigenvalue weighted by Crippen LogP contribution is -1.92. The molecule has 0 unspecified atom stereocenters. The highest BCUT2D eigenvalue weighted by molar-refractivity contribution is 9.10. The Morgan fingerprint density at radius 1 is 1.06 bits per heavy atom. The molecule has 0 atom stereocenters. The Morgan fingerprint density at radius 2 is 1.82 bits per heavy atom. The minimum Gasteiger partial charge on any atom is -0.454 e. The van der Waals surface area contributed by atoms with E-state index in [0.717, 1.165) is 32.8 Å². The number of rotatable bonds is 1. The molecular weight excluding hydrogens is 282 g/mol. The lowest BCUT2D eigenvalue weighted by atomic mass is 10.0. The van der Waals surface area contributed by atoms with Crippen LogP contribution in [0.2, 0.25) is 0 Å². The van der Waals surface area contributed by atoms with Gasteiger partial charge in [-0.05, 0) is 35.4 Å². The fraction of sp³-hybridized carbons (Fsp3) is 0.0769. The van der Waals surface area contributed by atoms with E-state index in [1.165, 1.54) is 0 Å². The molecule has 3 nitrogen and oxygen atoms in total. The lowest BCUT2D eigenvalue weighted by molar-refractivity contribution is 0.174. The van der Waals surface area contributed by atoms with Crippen molar-refractivity contribution >= 4 is 21.6 Å². The number of fused-ring (bicyclic) bond motifs is 1. The third kappa shape index (κ3) is 1.85. The van der Waals surface area contributed by atoms with Crippen LogP contribution in [-0.2, 0) is 0 Å². The molecule has 2 aromatic carbocycles. The molecule has 2 aromatic rings. The molecule has 1 aliphatic heterocycles. The van der Waals surface area contributed by atoms with E-state index in [1.807, 2.05) is 36.4 Å². The highest BCUT2D eigenvalue weighted by atomic mass is 79.9. The normalized spacial score (nSPS) is 12.8.